The molecular weight excluding hydrogens is 271 g/mol. The van der Waals surface area contributed by atoms with Crippen LogP contribution in [-0.4, -0.2) is 36.3 Å². The summed E-state index contributed by atoms with van der Waals surface area (Å²) < 4.78 is 12.8. The van der Waals surface area contributed by atoms with Gasteiger partial charge in [0.05, 0.1) is 0 Å². The highest BCUT2D eigenvalue weighted by Crippen LogP contribution is 2.29. The normalized spacial score (nSPS) is 22.6. The van der Waals surface area contributed by atoms with Crippen LogP contribution < -0.4 is 5.73 Å². The molecule has 2 nitrogen and oxygen atoms in total. The number of rotatable bonds is 7. The average Bonchev–Trinajstić information content (AvgIpc) is 2.94. The zero-order valence-corrected chi connectivity index (χ0v) is 13.0. The van der Waals surface area contributed by atoms with E-state index in [1.165, 1.54) is 31.4 Å². The van der Waals surface area contributed by atoms with Crippen LogP contribution in [0.3, 0.4) is 0 Å². The second kappa shape index (κ2) is 8.01. The molecule has 1 aliphatic carbocycles. The number of thioether (sulfide) groups is 1. The molecule has 0 aromatic heterocycles. The van der Waals surface area contributed by atoms with Gasteiger partial charge in [0.15, 0.2) is 0 Å². The molecule has 0 saturated heterocycles. The van der Waals surface area contributed by atoms with Crippen molar-refractivity contribution in [1.29, 1.82) is 0 Å². The number of nitrogens with zero attached hydrogens (tertiary/aromatic N) is 1. The molecule has 1 saturated carbocycles. The van der Waals surface area contributed by atoms with Crippen LogP contribution in [0.25, 0.3) is 0 Å². The minimum absolute atomic E-state index is 0.165. The molecule has 0 radical (unpaired) electrons. The molecule has 1 fully saturated rings. The first kappa shape index (κ1) is 15.8. The number of halogens is 1. The smallest absolute Gasteiger partial charge is 0.123 e. The van der Waals surface area contributed by atoms with Crippen LogP contribution in [0.15, 0.2) is 29.2 Å². The molecule has 2 rings (SSSR count). The number of benzene rings is 1. The summed E-state index contributed by atoms with van der Waals surface area (Å²) in [6.07, 6.45) is 3.88. The van der Waals surface area contributed by atoms with Crippen LogP contribution >= 0.6 is 11.8 Å². The van der Waals surface area contributed by atoms with E-state index in [-0.39, 0.29) is 5.82 Å². The maximum atomic E-state index is 12.8. The predicted molar refractivity (Wildman–Crippen MR) is 84.6 cm³/mol. The predicted octanol–water partition coefficient (Wildman–Crippen LogP) is 3.37. The maximum Gasteiger partial charge on any atom is 0.123 e. The summed E-state index contributed by atoms with van der Waals surface area (Å²) in [5, 5.41) is 0. The molecule has 1 aromatic carbocycles. The Bertz CT molecular complexity index is 396. The SMILES string of the molecule is CCN(CCSc1ccc(F)cc1)C1CCCC1CN. The van der Waals surface area contributed by atoms with Crippen molar-refractivity contribution in [3.05, 3.63) is 30.1 Å². The van der Waals surface area contributed by atoms with E-state index in [0.29, 0.717) is 12.0 Å². The van der Waals surface area contributed by atoms with E-state index in [4.69, 9.17) is 5.73 Å². The van der Waals surface area contributed by atoms with E-state index < -0.39 is 0 Å². The van der Waals surface area contributed by atoms with Gasteiger partial charge in [0.1, 0.15) is 5.82 Å². The topological polar surface area (TPSA) is 29.3 Å². The lowest BCUT2D eigenvalue weighted by molar-refractivity contribution is 0.181. The zero-order valence-electron chi connectivity index (χ0n) is 12.2. The van der Waals surface area contributed by atoms with Gasteiger partial charge < -0.3 is 5.73 Å². The van der Waals surface area contributed by atoms with Gasteiger partial charge in [-0.1, -0.05) is 13.3 Å². The van der Waals surface area contributed by atoms with E-state index >= 15 is 0 Å². The van der Waals surface area contributed by atoms with Gasteiger partial charge in [0.25, 0.3) is 0 Å². The van der Waals surface area contributed by atoms with Crippen LogP contribution in [0.2, 0.25) is 0 Å². The van der Waals surface area contributed by atoms with Crippen molar-refractivity contribution in [3.8, 4) is 0 Å². The Labute approximate surface area is 125 Å². The first-order valence-corrected chi connectivity index (χ1v) is 8.55. The molecule has 2 N–H and O–H groups in total. The third-order valence-electron chi connectivity index (χ3n) is 4.26. The average molecular weight is 296 g/mol. The summed E-state index contributed by atoms with van der Waals surface area (Å²) in [5.74, 6) is 1.56. The fourth-order valence-electron chi connectivity index (χ4n) is 3.14. The lowest BCUT2D eigenvalue weighted by atomic mass is 10.0. The third kappa shape index (κ3) is 4.21. The van der Waals surface area contributed by atoms with Gasteiger partial charge in [-0.2, -0.15) is 0 Å². The molecule has 0 heterocycles. The lowest BCUT2D eigenvalue weighted by Crippen LogP contribution is -2.41. The van der Waals surface area contributed by atoms with Crippen molar-refractivity contribution in [2.75, 3.05) is 25.4 Å². The van der Waals surface area contributed by atoms with Crippen molar-refractivity contribution in [2.24, 2.45) is 11.7 Å². The quantitative estimate of drug-likeness (QED) is 0.782. The molecule has 4 heteroatoms. The summed E-state index contributed by atoms with van der Waals surface area (Å²) in [5.41, 5.74) is 5.88. The Kier molecular flexibility index (Phi) is 6.33. The summed E-state index contributed by atoms with van der Waals surface area (Å²) in [6, 6.07) is 7.44. The lowest BCUT2D eigenvalue weighted by Gasteiger charge is -2.31. The van der Waals surface area contributed by atoms with E-state index in [2.05, 4.69) is 11.8 Å². The van der Waals surface area contributed by atoms with Gasteiger partial charge in [-0.25, -0.2) is 4.39 Å². The van der Waals surface area contributed by atoms with Crippen molar-refractivity contribution in [3.63, 3.8) is 0 Å². The van der Waals surface area contributed by atoms with Crippen LogP contribution in [0.5, 0.6) is 0 Å². The van der Waals surface area contributed by atoms with E-state index in [0.717, 1.165) is 30.3 Å². The van der Waals surface area contributed by atoms with Crippen LogP contribution in [0.4, 0.5) is 4.39 Å². The molecule has 0 bridgehead atoms. The fraction of sp³-hybridized carbons (Fsp3) is 0.625. The molecular formula is C16H25FN2S. The zero-order chi connectivity index (χ0) is 14.4. The number of hydrogen-bond acceptors (Lipinski definition) is 3. The van der Waals surface area contributed by atoms with Crippen molar-refractivity contribution in [1.82, 2.24) is 4.90 Å². The number of nitrogens with two attached hydrogens (primary N) is 1. The largest absolute Gasteiger partial charge is 0.330 e. The first-order valence-electron chi connectivity index (χ1n) is 7.57. The van der Waals surface area contributed by atoms with E-state index in [1.807, 2.05) is 12.1 Å². The highest BCUT2D eigenvalue weighted by molar-refractivity contribution is 7.99. The van der Waals surface area contributed by atoms with E-state index in [1.54, 1.807) is 11.8 Å². The molecule has 1 aliphatic rings. The molecule has 1 aromatic rings. The molecule has 112 valence electrons. The summed E-state index contributed by atoms with van der Waals surface area (Å²) in [7, 11) is 0. The van der Waals surface area contributed by atoms with Gasteiger partial charge in [0, 0.05) is 23.2 Å². The second-order valence-corrected chi connectivity index (χ2v) is 6.59. The Balaban J connectivity index is 1.80. The molecule has 0 aliphatic heterocycles. The monoisotopic (exact) mass is 296 g/mol. The Morgan fingerprint density at radius 3 is 2.70 bits per heavy atom. The third-order valence-corrected chi connectivity index (χ3v) is 5.25. The van der Waals surface area contributed by atoms with Crippen LogP contribution in [0.1, 0.15) is 26.2 Å². The molecule has 20 heavy (non-hydrogen) atoms. The van der Waals surface area contributed by atoms with Crippen molar-refractivity contribution >= 4 is 11.8 Å². The van der Waals surface area contributed by atoms with Gasteiger partial charge in [-0.05, 0) is 56.1 Å². The Morgan fingerprint density at radius 1 is 1.30 bits per heavy atom. The minimum Gasteiger partial charge on any atom is -0.330 e. The van der Waals surface area contributed by atoms with Gasteiger partial charge in [-0.15, -0.1) is 11.8 Å². The Morgan fingerprint density at radius 2 is 2.05 bits per heavy atom. The van der Waals surface area contributed by atoms with E-state index in [9.17, 15) is 4.39 Å². The van der Waals surface area contributed by atoms with Crippen molar-refractivity contribution in [2.45, 2.75) is 37.1 Å². The van der Waals surface area contributed by atoms with Gasteiger partial charge in [-0.3, -0.25) is 4.90 Å². The standard InChI is InChI=1S/C16H25FN2S/c1-2-19(16-5-3-4-13(16)12-18)10-11-20-15-8-6-14(17)7-9-15/h6-9,13,16H,2-5,10-12,18H2,1H3. The summed E-state index contributed by atoms with van der Waals surface area (Å²) in [6.45, 7) is 5.21. The molecule has 2 unspecified atom stereocenters. The van der Waals surface area contributed by atoms with Crippen molar-refractivity contribution < 1.29 is 4.39 Å². The maximum absolute atomic E-state index is 12.8. The molecule has 0 spiro atoms. The summed E-state index contributed by atoms with van der Waals surface area (Å²) in [4.78, 5) is 3.71. The second-order valence-electron chi connectivity index (χ2n) is 5.43. The molecule has 0 amide bonds. The first-order chi connectivity index (χ1) is 9.74. The number of hydrogen-bond donors (Lipinski definition) is 1. The highest BCUT2D eigenvalue weighted by atomic mass is 32.2. The van der Waals surface area contributed by atoms with Gasteiger partial charge in [0.2, 0.25) is 0 Å². The Hall–Kier alpha value is -0.580. The highest BCUT2D eigenvalue weighted by Gasteiger charge is 2.29. The summed E-state index contributed by atoms with van der Waals surface area (Å²) >= 11 is 1.80. The molecule has 2 atom stereocenters. The fourth-order valence-corrected chi connectivity index (χ4v) is 4.03. The minimum atomic E-state index is -0.165. The van der Waals surface area contributed by atoms with Gasteiger partial charge >= 0.3 is 0 Å². The van der Waals surface area contributed by atoms with Crippen LogP contribution in [-0.2, 0) is 0 Å². The van der Waals surface area contributed by atoms with Crippen LogP contribution in [0, 0.1) is 11.7 Å².